The summed E-state index contributed by atoms with van der Waals surface area (Å²) in [5.74, 6) is 0.395. The van der Waals surface area contributed by atoms with Crippen LogP contribution in [-0.4, -0.2) is 19.4 Å². The van der Waals surface area contributed by atoms with Gasteiger partial charge >= 0.3 is 0 Å². The van der Waals surface area contributed by atoms with Crippen LogP contribution in [-0.2, 0) is 4.79 Å². The monoisotopic (exact) mass is 125 g/mol. The van der Waals surface area contributed by atoms with Crippen molar-refractivity contribution in [2.45, 2.75) is 12.8 Å². The molecule has 0 bridgehead atoms. The van der Waals surface area contributed by atoms with Crippen molar-refractivity contribution in [1.29, 1.82) is 0 Å². The summed E-state index contributed by atoms with van der Waals surface area (Å²) in [5.41, 5.74) is 0.575. The molecule has 0 unspecified atom stereocenters. The first-order valence-electron chi connectivity index (χ1n) is 3.51. The van der Waals surface area contributed by atoms with Gasteiger partial charge in [-0.05, 0) is 18.3 Å². The van der Waals surface area contributed by atoms with Gasteiger partial charge in [0.1, 0.15) is 6.29 Å². The molecule has 1 saturated heterocycles. The minimum atomic E-state index is 0.395. The standard InChI is InChI=1S/C7H11NO/c9-3-6-1-7(2-6)4-8-5-7/h3,6,8H,1-2,4-5H2. The van der Waals surface area contributed by atoms with E-state index in [9.17, 15) is 4.79 Å². The van der Waals surface area contributed by atoms with E-state index in [1.807, 2.05) is 0 Å². The van der Waals surface area contributed by atoms with Crippen molar-refractivity contribution >= 4 is 6.29 Å². The third-order valence-corrected chi connectivity index (χ3v) is 2.58. The molecule has 0 amide bonds. The lowest BCUT2D eigenvalue weighted by Crippen LogP contribution is -2.60. The van der Waals surface area contributed by atoms with Crippen molar-refractivity contribution in [1.82, 2.24) is 5.32 Å². The minimum absolute atomic E-state index is 0.395. The Bertz CT molecular complexity index is 132. The molecule has 1 aliphatic heterocycles. The van der Waals surface area contributed by atoms with Crippen molar-refractivity contribution in [2.75, 3.05) is 13.1 Å². The maximum atomic E-state index is 10.2. The molecule has 0 radical (unpaired) electrons. The largest absolute Gasteiger partial charge is 0.316 e. The van der Waals surface area contributed by atoms with Crippen LogP contribution in [0.25, 0.3) is 0 Å². The van der Waals surface area contributed by atoms with Crippen LogP contribution in [0.2, 0.25) is 0 Å². The van der Waals surface area contributed by atoms with E-state index in [0.717, 1.165) is 32.2 Å². The van der Waals surface area contributed by atoms with Gasteiger partial charge in [0.15, 0.2) is 0 Å². The van der Waals surface area contributed by atoms with E-state index in [-0.39, 0.29) is 0 Å². The highest BCUT2D eigenvalue weighted by molar-refractivity contribution is 5.56. The molecule has 0 aromatic heterocycles. The number of carbonyl (C=O) groups excluding carboxylic acids is 1. The lowest BCUT2D eigenvalue weighted by atomic mass is 9.59. The summed E-state index contributed by atoms with van der Waals surface area (Å²) < 4.78 is 0. The van der Waals surface area contributed by atoms with Crippen molar-refractivity contribution in [3.63, 3.8) is 0 Å². The Labute approximate surface area is 54.6 Å². The summed E-state index contributed by atoms with van der Waals surface area (Å²) in [4.78, 5) is 10.2. The van der Waals surface area contributed by atoms with Gasteiger partial charge in [-0.25, -0.2) is 0 Å². The first-order valence-corrected chi connectivity index (χ1v) is 3.51. The molecule has 0 atom stereocenters. The van der Waals surface area contributed by atoms with Gasteiger partial charge in [0.25, 0.3) is 0 Å². The number of aldehydes is 1. The number of rotatable bonds is 1. The zero-order chi connectivity index (χ0) is 6.32. The normalized spacial score (nSPS) is 31.1. The van der Waals surface area contributed by atoms with E-state index >= 15 is 0 Å². The molecule has 2 aliphatic rings. The highest BCUT2D eigenvalue weighted by atomic mass is 16.1. The Morgan fingerprint density at radius 1 is 1.44 bits per heavy atom. The number of nitrogens with one attached hydrogen (secondary N) is 1. The van der Waals surface area contributed by atoms with E-state index in [0.29, 0.717) is 11.3 Å². The van der Waals surface area contributed by atoms with Crippen LogP contribution in [0.4, 0.5) is 0 Å². The molecule has 1 aliphatic carbocycles. The molecule has 1 heterocycles. The molecule has 9 heavy (non-hydrogen) atoms. The van der Waals surface area contributed by atoms with Gasteiger partial charge in [-0.1, -0.05) is 0 Å². The average molecular weight is 125 g/mol. The van der Waals surface area contributed by atoms with Crippen LogP contribution < -0.4 is 5.32 Å². The molecule has 0 aromatic rings. The fourth-order valence-electron chi connectivity index (χ4n) is 1.92. The highest BCUT2D eigenvalue weighted by Crippen LogP contribution is 2.47. The molecule has 2 nitrogen and oxygen atoms in total. The van der Waals surface area contributed by atoms with Gasteiger partial charge in [0.2, 0.25) is 0 Å². The lowest BCUT2D eigenvalue weighted by Gasteiger charge is -2.52. The first kappa shape index (κ1) is 5.42. The molecule has 2 heteroatoms. The predicted octanol–water partition coefficient (Wildman–Crippen LogP) is 0.185. The van der Waals surface area contributed by atoms with E-state index in [1.54, 1.807) is 0 Å². The van der Waals surface area contributed by atoms with Crippen LogP contribution in [0, 0.1) is 11.3 Å². The lowest BCUT2D eigenvalue weighted by molar-refractivity contribution is -0.120. The minimum Gasteiger partial charge on any atom is -0.316 e. The maximum Gasteiger partial charge on any atom is 0.123 e. The third kappa shape index (κ3) is 0.628. The quantitative estimate of drug-likeness (QED) is 0.507. The van der Waals surface area contributed by atoms with Crippen LogP contribution in [0.3, 0.4) is 0 Å². The van der Waals surface area contributed by atoms with Crippen molar-refractivity contribution in [2.24, 2.45) is 11.3 Å². The maximum absolute atomic E-state index is 10.2. The van der Waals surface area contributed by atoms with Crippen LogP contribution >= 0.6 is 0 Å². The van der Waals surface area contributed by atoms with Gasteiger partial charge in [0, 0.05) is 19.0 Å². The average Bonchev–Trinajstić information content (AvgIpc) is 1.59. The van der Waals surface area contributed by atoms with E-state index in [2.05, 4.69) is 5.32 Å². The number of hydrogen-bond donors (Lipinski definition) is 1. The Hall–Kier alpha value is -0.370. The molecule has 2 rings (SSSR count). The summed E-state index contributed by atoms with van der Waals surface area (Å²) in [5, 5.41) is 3.23. The fraction of sp³-hybridized carbons (Fsp3) is 0.857. The van der Waals surface area contributed by atoms with Gasteiger partial charge in [-0.3, -0.25) is 0 Å². The summed E-state index contributed by atoms with van der Waals surface area (Å²) >= 11 is 0. The molecule has 50 valence electrons. The summed E-state index contributed by atoms with van der Waals surface area (Å²) in [6.45, 7) is 2.30. The number of hydrogen-bond acceptors (Lipinski definition) is 2. The molecular formula is C7H11NO. The highest BCUT2D eigenvalue weighted by Gasteiger charge is 2.47. The summed E-state index contributed by atoms with van der Waals surface area (Å²) in [6.07, 6.45) is 3.39. The molecule has 1 N–H and O–H groups in total. The molecule has 2 fully saturated rings. The number of carbonyl (C=O) groups is 1. The van der Waals surface area contributed by atoms with Crippen molar-refractivity contribution < 1.29 is 4.79 Å². The topological polar surface area (TPSA) is 29.1 Å². The molecule has 1 saturated carbocycles. The van der Waals surface area contributed by atoms with Gasteiger partial charge < -0.3 is 10.1 Å². The second-order valence-corrected chi connectivity index (χ2v) is 3.41. The summed E-state index contributed by atoms with van der Waals surface area (Å²) in [7, 11) is 0. The molecule has 1 spiro atoms. The Kier molecular flexibility index (Phi) is 0.943. The van der Waals surface area contributed by atoms with Crippen LogP contribution in [0.15, 0.2) is 0 Å². The zero-order valence-corrected chi connectivity index (χ0v) is 5.39. The second-order valence-electron chi connectivity index (χ2n) is 3.41. The predicted molar refractivity (Wildman–Crippen MR) is 34.1 cm³/mol. The molecular weight excluding hydrogens is 114 g/mol. The smallest absolute Gasteiger partial charge is 0.123 e. The van der Waals surface area contributed by atoms with E-state index in [4.69, 9.17) is 0 Å². The molecule has 0 aromatic carbocycles. The SMILES string of the molecule is O=CC1CC2(CNC2)C1. The zero-order valence-electron chi connectivity index (χ0n) is 5.39. The van der Waals surface area contributed by atoms with Crippen LogP contribution in [0.5, 0.6) is 0 Å². The summed E-state index contributed by atoms with van der Waals surface area (Å²) in [6, 6.07) is 0. The first-order chi connectivity index (χ1) is 4.35. The van der Waals surface area contributed by atoms with E-state index in [1.165, 1.54) is 0 Å². The van der Waals surface area contributed by atoms with Crippen molar-refractivity contribution in [3.8, 4) is 0 Å². The van der Waals surface area contributed by atoms with Gasteiger partial charge in [0.05, 0.1) is 0 Å². The Balaban J connectivity index is 1.88. The third-order valence-electron chi connectivity index (χ3n) is 2.58. The second kappa shape index (κ2) is 1.57. The van der Waals surface area contributed by atoms with Crippen LogP contribution in [0.1, 0.15) is 12.8 Å². The fourth-order valence-corrected chi connectivity index (χ4v) is 1.92. The van der Waals surface area contributed by atoms with Crippen molar-refractivity contribution in [3.05, 3.63) is 0 Å². The van der Waals surface area contributed by atoms with Gasteiger partial charge in [-0.15, -0.1) is 0 Å². The van der Waals surface area contributed by atoms with Gasteiger partial charge in [-0.2, -0.15) is 0 Å². The Morgan fingerprint density at radius 2 is 2.11 bits per heavy atom. The van der Waals surface area contributed by atoms with E-state index < -0.39 is 0 Å². The Morgan fingerprint density at radius 3 is 2.44 bits per heavy atom.